The number of aliphatic hydroxyl groups is 1. The number of benzene rings is 2. The van der Waals surface area contributed by atoms with Crippen LogP contribution in [0.25, 0.3) is 44.3 Å². The van der Waals surface area contributed by atoms with Crippen molar-refractivity contribution in [2.24, 2.45) is 0 Å². The maximum Gasteiger partial charge on any atom is 0.287 e. The molecule has 10 rings (SSSR count). The number of pyridine rings is 2. The fourth-order valence-corrected chi connectivity index (χ4v) is 9.62. The predicted molar refractivity (Wildman–Crippen MR) is 283 cm³/mol. The Hall–Kier alpha value is -7.16. The van der Waals surface area contributed by atoms with Gasteiger partial charge in [0.05, 0.1) is 55.1 Å². The molecule has 2 saturated carbocycles. The van der Waals surface area contributed by atoms with Gasteiger partial charge in [-0.05, 0) is 82.7 Å². The Balaban J connectivity index is 0.000000202. The van der Waals surface area contributed by atoms with Crippen molar-refractivity contribution in [2.45, 2.75) is 96.1 Å². The van der Waals surface area contributed by atoms with Crippen molar-refractivity contribution in [3.63, 3.8) is 0 Å². The van der Waals surface area contributed by atoms with Gasteiger partial charge in [0.2, 0.25) is 11.9 Å². The van der Waals surface area contributed by atoms with E-state index >= 15 is 0 Å². The second-order valence-corrected chi connectivity index (χ2v) is 18.3. The molecular weight excluding hydrogens is 960 g/mol. The Kier molecular flexibility index (Phi) is 18.1. The third-order valence-electron chi connectivity index (χ3n) is 12.8. The Labute approximate surface area is 426 Å². The van der Waals surface area contributed by atoms with E-state index in [0.717, 1.165) is 103 Å². The van der Waals surface area contributed by atoms with Gasteiger partial charge < -0.3 is 31.0 Å². The molecule has 19 nitrogen and oxygen atoms in total. The zero-order valence-electron chi connectivity index (χ0n) is 39.1. The fourth-order valence-electron chi connectivity index (χ4n) is 9.23. The number of hydrogen-bond acceptors (Lipinski definition) is 15. The SMILES string of the molecule is C.CN(Cc1ccc([N+](=O)[O-])cn1)[C@H]1CCC[C@@H](Nc2ncc(Cl)c(-c3c[nH]c4ccccc34)n2)C1.CO.O=[N+]([O-])c1ccc(CN[C@H]2CCC[C@@H](Nc3ncc(Cl)c(-c4c[nH]c5ccccc45)n3)C2)nc1. The summed E-state index contributed by atoms with van der Waals surface area (Å²) in [7, 11) is 3.07. The molecule has 0 spiro atoms. The lowest BCUT2D eigenvalue weighted by molar-refractivity contribution is -0.385. The van der Waals surface area contributed by atoms with Gasteiger partial charge in [-0.1, -0.05) is 67.0 Å². The number of nitrogens with zero attached hydrogens (tertiary/aromatic N) is 9. The first-order valence-electron chi connectivity index (χ1n) is 23.3. The molecule has 0 aliphatic heterocycles. The highest BCUT2D eigenvalue weighted by molar-refractivity contribution is 6.33. The number of aromatic amines is 2. The smallest absolute Gasteiger partial charge is 0.287 e. The zero-order chi connectivity index (χ0) is 49.9. The number of rotatable bonds is 14. The summed E-state index contributed by atoms with van der Waals surface area (Å²) in [6.45, 7) is 1.20. The van der Waals surface area contributed by atoms with E-state index in [1.165, 1.54) is 24.5 Å². The Morgan fingerprint density at radius 1 is 0.653 bits per heavy atom. The Bertz CT molecular complexity index is 3060. The van der Waals surface area contributed by atoms with Crippen LogP contribution in [0.4, 0.5) is 23.3 Å². The lowest BCUT2D eigenvalue weighted by Crippen LogP contribution is -2.40. The normalized spacial score (nSPS) is 17.5. The summed E-state index contributed by atoms with van der Waals surface area (Å²) in [5.41, 5.74) is 6.98. The molecule has 2 fully saturated rings. The van der Waals surface area contributed by atoms with Crippen LogP contribution in [0.1, 0.15) is 70.2 Å². The highest BCUT2D eigenvalue weighted by atomic mass is 35.5. The molecule has 6 aromatic heterocycles. The number of halogens is 2. The third-order valence-corrected chi connectivity index (χ3v) is 13.4. The van der Waals surface area contributed by atoms with Crippen molar-refractivity contribution in [1.29, 1.82) is 0 Å². The van der Waals surface area contributed by atoms with Crippen molar-refractivity contribution >= 4 is 68.3 Å². The quantitative estimate of drug-likeness (QED) is 0.0437. The number of fused-ring (bicyclic) bond motifs is 2. The number of nitrogens with one attached hydrogen (secondary N) is 5. The molecule has 0 bridgehead atoms. The van der Waals surface area contributed by atoms with Crippen LogP contribution in [-0.2, 0) is 13.1 Å². The third kappa shape index (κ3) is 13.0. The van der Waals surface area contributed by atoms with Crippen LogP contribution in [0.15, 0.2) is 110 Å². The lowest BCUT2D eigenvalue weighted by atomic mass is 9.90. The summed E-state index contributed by atoms with van der Waals surface area (Å²) >= 11 is 12.9. The summed E-state index contributed by atoms with van der Waals surface area (Å²) in [5, 5.41) is 42.3. The highest BCUT2D eigenvalue weighted by Crippen LogP contribution is 2.35. The lowest BCUT2D eigenvalue weighted by Gasteiger charge is -2.35. The minimum Gasteiger partial charge on any atom is -0.400 e. The standard InChI is InChI=1S/C25H26ClN7O2.C24H24ClN7O2.CH4O.CH4/c1-32(15-17-9-10-19(12-27-17)33(34)35)18-6-4-5-16(11-18)30-25-29-14-22(26)24(31-25)21-13-28-23-8-3-2-7-20(21)23;25-21-14-29-24(31-23(21)20-13-28-22-7-2-1-6-19(20)22)30-16-5-3-4-15(10-16)26-11-17-8-9-18(12-27-17)32(33)34;1-2;/h2-3,7-10,12-14,16,18,28H,4-6,11,15H2,1H3,(H,29,30,31);1-2,6-9,12-16,26,28H,3-5,10-11H2,(H,29,30,31);2H,1H3;1H4/t16-,18+;15-,16+;;/m10../s1. The van der Waals surface area contributed by atoms with Crippen molar-refractivity contribution < 1.29 is 15.0 Å². The number of anilines is 2. The molecule has 2 aliphatic carbocycles. The number of H-pyrrole nitrogens is 2. The van der Waals surface area contributed by atoms with Crippen molar-refractivity contribution in [3.8, 4) is 22.5 Å². The summed E-state index contributed by atoms with van der Waals surface area (Å²) in [5.74, 6) is 1.13. The molecule has 2 aliphatic rings. The van der Waals surface area contributed by atoms with Crippen LogP contribution in [0.2, 0.25) is 10.0 Å². The molecule has 72 heavy (non-hydrogen) atoms. The van der Waals surface area contributed by atoms with Gasteiger partial charge >= 0.3 is 0 Å². The Morgan fingerprint density at radius 3 is 1.65 bits per heavy atom. The molecule has 376 valence electrons. The first kappa shape index (κ1) is 52.7. The van der Waals surface area contributed by atoms with Crippen LogP contribution in [0.5, 0.6) is 0 Å². The molecule has 0 radical (unpaired) electrons. The van der Waals surface area contributed by atoms with Gasteiger partial charge in [-0.2, -0.15) is 0 Å². The van der Waals surface area contributed by atoms with Gasteiger partial charge in [-0.3, -0.25) is 35.1 Å². The topological polar surface area (TPSA) is 255 Å². The van der Waals surface area contributed by atoms with E-state index in [1.807, 2.05) is 60.9 Å². The van der Waals surface area contributed by atoms with Crippen LogP contribution in [-0.4, -0.2) is 98.0 Å². The molecule has 0 saturated heterocycles. The average molecular weight is 1020 g/mol. The molecule has 21 heteroatoms. The summed E-state index contributed by atoms with van der Waals surface area (Å²) in [4.78, 5) is 56.4. The van der Waals surface area contributed by atoms with Crippen molar-refractivity contribution in [2.75, 3.05) is 24.8 Å². The van der Waals surface area contributed by atoms with E-state index < -0.39 is 9.85 Å². The minimum atomic E-state index is -0.440. The van der Waals surface area contributed by atoms with Gasteiger partial charge in [0, 0.05) is 102 Å². The van der Waals surface area contributed by atoms with Crippen molar-refractivity contribution in [1.82, 2.24) is 50.1 Å². The molecule has 0 unspecified atom stereocenters. The second-order valence-electron chi connectivity index (χ2n) is 17.5. The summed E-state index contributed by atoms with van der Waals surface area (Å²) < 4.78 is 0. The molecule has 2 aromatic carbocycles. The van der Waals surface area contributed by atoms with Gasteiger partial charge in [-0.15, -0.1) is 0 Å². The number of para-hydroxylation sites is 2. The van der Waals surface area contributed by atoms with E-state index in [0.29, 0.717) is 58.5 Å². The van der Waals surface area contributed by atoms with Gasteiger partial charge in [0.25, 0.3) is 11.4 Å². The highest BCUT2D eigenvalue weighted by Gasteiger charge is 2.27. The first-order valence-corrected chi connectivity index (χ1v) is 24.1. The van der Waals surface area contributed by atoms with E-state index in [4.69, 9.17) is 38.3 Å². The molecule has 4 atom stereocenters. The fraction of sp³-hybridized carbons (Fsp3) is 0.333. The number of aromatic nitrogens is 8. The maximum absolute atomic E-state index is 10.9. The minimum absolute atomic E-state index is 0. The van der Waals surface area contributed by atoms with Crippen LogP contribution in [0.3, 0.4) is 0 Å². The number of hydrogen-bond donors (Lipinski definition) is 6. The first-order chi connectivity index (χ1) is 34.5. The molecule has 6 N–H and O–H groups in total. The van der Waals surface area contributed by atoms with Gasteiger partial charge in [-0.25, -0.2) is 19.9 Å². The van der Waals surface area contributed by atoms with E-state index in [2.05, 4.69) is 57.8 Å². The van der Waals surface area contributed by atoms with E-state index in [1.54, 1.807) is 24.5 Å². The summed E-state index contributed by atoms with van der Waals surface area (Å²) in [6.07, 6.45) is 18.0. The number of nitro groups is 2. The molecule has 8 aromatic rings. The number of aliphatic hydroxyl groups excluding tert-OH is 1. The van der Waals surface area contributed by atoms with Crippen molar-refractivity contribution in [3.05, 3.63) is 152 Å². The van der Waals surface area contributed by atoms with Crippen LogP contribution < -0.4 is 16.0 Å². The van der Waals surface area contributed by atoms with Gasteiger partial charge in [0.1, 0.15) is 12.4 Å². The van der Waals surface area contributed by atoms with E-state index in [-0.39, 0.29) is 30.9 Å². The zero-order valence-corrected chi connectivity index (χ0v) is 40.6. The van der Waals surface area contributed by atoms with Crippen LogP contribution in [0, 0.1) is 20.2 Å². The molecule has 0 amide bonds. The summed E-state index contributed by atoms with van der Waals surface area (Å²) in [6, 6.07) is 23.7. The predicted octanol–water partition coefficient (Wildman–Crippen LogP) is 10.8. The monoisotopic (exact) mass is 1020 g/mol. The molecule has 6 heterocycles. The maximum atomic E-state index is 10.9. The van der Waals surface area contributed by atoms with Gasteiger partial charge in [0.15, 0.2) is 0 Å². The van der Waals surface area contributed by atoms with Crippen LogP contribution >= 0.6 is 23.2 Å². The Morgan fingerprint density at radius 2 is 1.14 bits per heavy atom. The largest absolute Gasteiger partial charge is 0.400 e. The van der Waals surface area contributed by atoms with E-state index in [9.17, 15) is 20.2 Å². The molecular formula is C51H58Cl2N14O5. The average Bonchev–Trinajstić information content (AvgIpc) is 4.03. The second kappa shape index (κ2) is 24.8.